The largest absolute Gasteiger partial charge is 0.497 e. The molecule has 1 amide bonds. The third kappa shape index (κ3) is 5.94. The highest BCUT2D eigenvalue weighted by Crippen LogP contribution is 2.41. The average Bonchev–Trinajstić information content (AvgIpc) is 2.81. The number of carbonyl (C=O) groups is 1. The van der Waals surface area contributed by atoms with Gasteiger partial charge in [-0.2, -0.15) is 0 Å². The van der Waals surface area contributed by atoms with Gasteiger partial charge in [0, 0.05) is 27.3 Å². The van der Waals surface area contributed by atoms with Crippen LogP contribution in [0.2, 0.25) is 5.02 Å². The first-order valence-corrected chi connectivity index (χ1v) is 13.3. The molecule has 0 fully saturated rings. The van der Waals surface area contributed by atoms with Crippen molar-refractivity contribution >= 4 is 52.3 Å². The third-order valence-electron chi connectivity index (χ3n) is 5.57. The van der Waals surface area contributed by atoms with Crippen LogP contribution in [-0.4, -0.2) is 34.3 Å². The number of allylic oxidation sites excluding steroid dienone is 1. The van der Waals surface area contributed by atoms with Crippen LogP contribution in [0.4, 0.5) is 5.69 Å². The van der Waals surface area contributed by atoms with Crippen LogP contribution in [0.3, 0.4) is 0 Å². The molecule has 1 N–H and O–H groups in total. The number of ether oxygens (including phenoxy) is 1. The first kappa shape index (κ1) is 25.4. The summed E-state index contributed by atoms with van der Waals surface area (Å²) in [5.41, 5.74) is 2.82. The standard InChI is InChI=1S/C26H26ClN3O3S2/c1-16-13-26(2,3)30(22-10-7-19(33-4)12-21(16)22)24(32)15-35-25-28-18(11-23(31)29-25)14-34-20-8-5-17(27)6-9-20/h5-13H,14-15H2,1-4H3,(H,28,29,31). The maximum atomic E-state index is 13.4. The van der Waals surface area contributed by atoms with Gasteiger partial charge >= 0.3 is 0 Å². The lowest BCUT2D eigenvalue weighted by Gasteiger charge is -2.41. The van der Waals surface area contributed by atoms with E-state index in [4.69, 9.17) is 16.3 Å². The minimum absolute atomic E-state index is 0.0706. The smallest absolute Gasteiger partial charge is 0.251 e. The first-order valence-electron chi connectivity index (χ1n) is 11.0. The maximum Gasteiger partial charge on any atom is 0.251 e. The summed E-state index contributed by atoms with van der Waals surface area (Å²) < 4.78 is 5.37. The fraction of sp³-hybridized carbons (Fsp3) is 0.269. The Kier molecular flexibility index (Phi) is 7.64. The zero-order valence-corrected chi connectivity index (χ0v) is 22.3. The summed E-state index contributed by atoms with van der Waals surface area (Å²) in [6, 6.07) is 14.7. The van der Waals surface area contributed by atoms with E-state index in [9.17, 15) is 9.59 Å². The number of H-pyrrole nitrogens is 1. The number of benzene rings is 2. The summed E-state index contributed by atoms with van der Waals surface area (Å²) in [7, 11) is 1.63. The SMILES string of the molecule is COc1ccc2c(c1)C(C)=CC(C)(C)N2C(=O)CSc1nc(CSc2ccc(Cl)cc2)cc(=O)[nH]1. The molecule has 1 aliphatic rings. The molecule has 1 aliphatic heterocycles. The number of nitrogens with one attached hydrogen (secondary N) is 1. The lowest BCUT2D eigenvalue weighted by Crippen LogP contribution is -2.49. The van der Waals surface area contributed by atoms with Crippen LogP contribution in [0.25, 0.3) is 5.57 Å². The number of nitrogens with zero attached hydrogens (tertiary/aromatic N) is 2. The van der Waals surface area contributed by atoms with Crippen molar-refractivity contribution in [1.82, 2.24) is 9.97 Å². The van der Waals surface area contributed by atoms with Gasteiger partial charge < -0.3 is 14.6 Å². The molecule has 0 bridgehead atoms. The summed E-state index contributed by atoms with van der Waals surface area (Å²) in [5.74, 6) is 1.34. The third-order valence-corrected chi connectivity index (χ3v) is 7.73. The lowest BCUT2D eigenvalue weighted by molar-refractivity contribution is -0.116. The Morgan fingerprint density at radius 1 is 1.14 bits per heavy atom. The number of anilines is 1. The van der Waals surface area contributed by atoms with Crippen LogP contribution in [0, 0.1) is 0 Å². The molecule has 0 unspecified atom stereocenters. The van der Waals surface area contributed by atoms with E-state index in [0.717, 1.165) is 27.5 Å². The summed E-state index contributed by atoms with van der Waals surface area (Å²) in [6.45, 7) is 6.07. The molecule has 2 heterocycles. The molecule has 3 aromatic rings. The van der Waals surface area contributed by atoms with E-state index in [0.29, 0.717) is 21.6 Å². The summed E-state index contributed by atoms with van der Waals surface area (Å²) in [5, 5.41) is 1.10. The number of methoxy groups -OCH3 is 1. The van der Waals surface area contributed by atoms with Crippen LogP contribution in [0.1, 0.15) is 32.0 Å². The number of rotatable bonds is 7. The normalized spacial score (nSPS) is 14.3. The number of carbonyl (C=O) groups excluding carboxylic acids is 1. The molecule has 0 saturated carbocycles. The fourth-order valence-electron chi connectivity index (χ4n) is 4.10. The molecule has 0 radical (unpaired) electrons. The van der Waals surface area contributed by atoms with Gasteiger partial charge in [-0.15, -0.1) is 11.8 Å². The zero-order valence-electron chi connectivity index (χ0n) is 19.9. The predicted molar refractivity (Wildman–Crippen MR) is 145 cm³/mol. The van der Waals surface area contributed by atoms with Gasteiger partial charge in [0.25, 0.3) is 5.56 Å². The van der Waals surface area contributed by atoms with E-state index < -0.39 is 5.54 Å². The summed E-state index contributed by atoms with van der Waals surface area (Å²) in [4.78, 5) is 35.8. The number of aromatic nitrogens is 2. The predicted octanol–water partition coefficient (Wildman–Crippen LogP) is 6.05. The molecular weight excluding hydrogens is 502 g/mol. The summed E-state index contributed by atoms with van der Waals surface area (Å²) in [6.07, 6.45) is 2.09. The molecular formula is C26H26ClN3O3S2. The quantitative estimate of drug-likeness (QED) is 0.298. The van der Waals surface area contributed by atoms with Crippen LogP contribution in [-0.2, 0) is 10.5 Å². The Bertz CT molecular complexity index is 1340. The van der Waals surface area contributed by atoms with Gasteiger partial charge in [-0.3, -0.25) is 9.59 Å². The Morgan fingerprint density at radius 3 is 2.60 bits per heavy atom. The number of amides is 1. The van der Waals surface area contributed by atoms with Crippen molar-refractivity contribution < 1.29 is 9.53 Å². The van der Waals surface area contributed by atoms with Gasteiger partial charge in [0.2, 0.25) is 5.91 Å². The highest BCUT2D eigenvalue weighted by Gasteiger charge is 2.35. The highest BCUT2D eigenvalue weighted by atomic mass is 35.5. The fourth-order valence-corrected chi connectivity index (χ4v) is 5.76. The highest BCUT2D eigenvalue weighted by molar-refractivity contribution is 7.99. The Morgan fingerprint density at radius 2 is 1.89 bits per heavy atom. The van der Waals surface area contributed by atoms with E-state index in [-0.39, 0.29) is 17.2 Å². The maximum absolute atomic E-state index is 13.4. The first-order chi connectivity index (χ1) is 16.7. The molecule has 6 nitrogen and oxygen atoms in total. The van der Waals surface area contributed by atoms with Gasteiger partial charge in [-0.05, 0) is 68.8 Å². The van der Waals surface area contributed by atoms with Crippen molar-refractivity contribution in [2.75, 3.05) is 17.8 Å². The van der Waals surface area contributed by atoms with Gasteiger partial charge in [0.15, 0.2) is 5.16 Å². The molecule has 4 rings (SSSR count). The Balaban J connectivity index is 1.49. The monoisotopic (exact) mass is 527 g/mol. The van der Waals surface area contributed by atoms with Crippen molar-refractivity contribution in [2.24, 2.45) is 0 Å². The zero-order chi connectivity index (χ0) is 25.2. The number of thioether (sulfide) groups is 2. The molecule has 0 aliphatic carbocycles. The van der Waals surface area contributed by atoms with E-state index in [1.165, 1.54) is 17.8 Å². The minimum atomic E-state index is -0.499. The Labute approximate surface area is 218 Å². The van der Waals surface area contributed by atoms with Gasteiger partial charge in [-0.1, -0.05) is 29.4 Å². The van der Waals surface area contributed by atoms with Crippen LogP contribution >= 0.6 is 35.1 Å². The lowest BCUT2D eigenvalue weighted by atomic mass is 9.88. The van der Waals surface area contributed by atoms with Crippen molar-refractivity contribution in [1.29, 1.82) is 0 Å². The Hall–Kier alpha value is -2.68. The number of halogens is 1. The van der Waals surface area contributed by atoms with Gasteiger partial charge in [0.1, 0.15) is 5.75 Å². The number of aromatic amines is 1. The minimum Gasteiger partial charge on any atom is -0.497 e. The van der Waals surface area contributed by atoms with Crippen LogP contribution in [0.15, 0.2) is 69.5 Å². The van der Waals surface area contributed by atoms with Crippen molar-refractivity contribution in [3.8, 4) is 5.75 Å². The van der Waals surface area contributed by atoms with Gasteiger partial charge in [0.05, 0.1) is 29.8 Å². The average molecular weight is 528 g/mol. The second kappa shape index (κ2) is 10.5. The number of hydrogen-bond acceptors (Lipinski definition) is 6. The molecule has 0 spiro atoms. The van der Waals surface area contributed by atoms with E-state index in [1.807, 2.05) is 63.2 Å². The van der Waals surface area contributed by atoms with Crippen LogP contribution in [0.5, 0.6) is 5.75 Å². The van der Waals surface area contributed by atoms with Crippen molar-refractivity contribution in [3.05, 3.63) is 81.2 Å². The number of hydrogen-bond donors (Lipinski definition) is 1. The molecule has 1 aromatic heterocycles. The number of fused-ring (bicyclic) bond motifs is 1. The van der Waals surface area contributed by atoms with Gasteiger partial charge in [-0.25, -0.2) is 4.98 Å². The molecule has 35 heavy (non-hydrogen) atoms. The van der Waals surface area contributed by atoms with E-state index in [2.05, 4.69) is 16.0 Å². The van der Waals surface area contributed by atoms with Crippen LogP contribution < -0.4 is 15.2 Å². The van der Waals surface area contributed by atoms with E-state index in [1.54, 1.807) is 23.8 Å². The molecule has 9 heteroatoms. The molecule has 182 valence electrons. The second-order valence-corrected chi connectivity index (χ2v) is 11.1. The molecule has 0 saturated heterocycles. The molecule has 2 aromatic carbocycles. The summed E-state index contributed by atoms with van der Waals surface area (Å²) >= 11 is 8.74. The van der Waals surface area contributed by atoms with E-state index >= 15 is 0 Å². The molecule has 0 atom stereocenters. The van der Waals surface area contributed by atoms with Crippen molar-refractivity contribution in [3.63, 3.8) is 0 Å². The second-order valence-electron chi connectivity index (χ2n) is 8.67. The topological polar surface area (TPSA) is 75.3 Å². The van der Waals surface area contributed by atoms with Crippen molar-refractivity contribution in [2.45, 2.75) is 42.1 Å².